The van der Waals surface area contributed by atoms with Crippen LogP contribution in [0.2, 0.25) is 0 Å². The summed E-state index contributed by atoms with van der Waals surface area (Å²) in [5.41, 5.74) is -2.54. The number of ether oxygens (including phenoxy) is 1. The zero-order valence-corrected chi connectivity index (χ0v) is 17.7. The summed E-state index contributed by atoms with van der Waals surface area (Å²) in [6.45, 7) is 3.37. The van der Waals surface area contributed by atoms with Crippen LogP contribution < -0.4 is 10.1 Å². The van der Waals surface area contributed by atoms with Crippen molar-refractivity contribution in [3.63, 3.8) is 0 Å². The molecule has 1 unspecified atom stereocenters. The van der Waals surface area contributed by atoms with Crippen LogP contribution >= 0.6 is 0 Å². The Morgan fingerprint density at radius 3 is 2.36 bits per heavy atom. The highest BCUT2D eigenvalue weighted by atomic mass is 19.4. The van der Waals surface area contributed by atoms with Gasteiger partial charge < -0.3 is 10.1 Å². The van der Waals surface area contributed by atoms with Gasteiger partial charge in [0.15, 0.2) is 5.69 Å². The van der Waals surface area contributed by atoms with E-state index < -0.39 is 46.8 Å². The number of hydrogen-bond donors (Lipinski definition) is 1. The summed E-state index contributed by atoms with van der Waals surface area (Å²) in [5, 5.41) is 6.04. The van der Waals surface area contributed by atoms with Gasteiger partial charge in [-0.1, -0.05) is 23.8 Å². The number of methoxy groups -OCH3 is 1. The first kappa shape index (κ1) is 24.1. The van der Waals surface area contributed by atoms with E-state index in [1.807, 2.05) is 0 Å². The van der Waals surface area contributed by atoms with E-state index in [-0.39, 0.29) is 4.68 Å². The van der Waals surface area contributed by atoms with Crippen LogP contribution in [0.4, 0.5) is 26.3 Å². The maximum atomic E-state index is 13.9. The molecule has 33 heavy (non-hydrogen) atoms. The van der Waals surface area contributed by atoms with E-state index >= 15 is 0 Å². The normalized spacial score (nSPS) is 13.0. The highest BCUT2D eigenvalue weighted by molar-refractivity contribution is 5.95. The number of benzene rings is 2. The van der Waals surface area contributed by atoms with Crippen molar-refractivity contribution in [2.45, 2.75) is 32.2 Å². The zero-order valence-electron chi connectivity index (χ0n) is 17.7. The molecule has 0 radical (unpaired) electrons. The van der Waals surface area contributed by atoms with Gasteiger partial charge in [0, 0.05) is 5.56 Å². The maximum absolute atomic E-state index is 13.9. The third kappa shape index (κ3) is 5.12. The Labute approximate surface area is 185 Å². The number of aryl methyl sites for hydroxylation is 1. The molecular formula is C22H19F6N3O2. The van der Waals surface area contributed by atoms with E-state index in [0.29, 0.717) is 23.6 Å². The number of carbonyl (C=O) groups is 1. The molecule has 176 valence electrons. The van der Waals surface area contributed by atoms with E-state index in [0.717, 1.165) is 23.8 Å². The molecule has 1 aromatic heterocycles. The lowest BCUT2D eigenvalue weighted by molar-refractivity contribution is -0.143. The van der Waals surface area contributed by atoms with Gasteiger partial charge in [-0.3, -0.25) is 4.79 Å². The lowest BCUT2D eigenvalue weighted by Crippen LogP contribution is -2.29. The molecule has 3 rings (SSSR count). The van der Waals surface area contributed by atoms with Crippen molar-refractivity contribution in [3.05, 3.63) is 76.6 Å². The number of alkyl halides is 6. The van der Waals surface area contributed by atoms with Crippen LogP contribution in [0.1, 0.15) is 45.7 Å². The first-order valence-electron chi connectivity index (χ1n) is 9.61. The lowest BCUT2D eigenvalue weighted by atomic mass is 10.0. The summed E-state index contributed by atoms with van der Waals surface area (Å²) >= 11 is 0. The molecule has 0 saturated carbocycles. The van der Waals surface area contributed by atoms with E-state index in [1.54, 1.807) is 32.0 Å². The monoisotopic (exact) mass is 471 g/mol. The van der Waals surface area contributed by atoms with Crippen LogP contribution in [0.3, 0.4) is 0 Å². The Balaban J connectivity index is 2.01. The molecule has 0 spiro atoms. The highest BCUT2D eigenvalue weighted by Gasteiger charge is 2.41. The average molecular weight is 471 g/mol. The van der Waals surface area contributed by atoms with Crippen molar-refractivity contribution in [2.75, 3.05) is 7.11 Å². The average Bonchev–Trinajstić information content (AvgIpc) is 3.19. The second-order valence-corrected chi connectivity index (χ2v) is 7.31. The summed E-state index contributed by atoms with van der Waals surface area (Å²) in [5.74, 6) is -0.652. The third-order valence-corrected chi connectivity index (χ3v) is 4.90. The van der Waals surface area contributed by atoms with Crippen molar-refractivity contribution < 1.29 is 35.9 Å². The van der Waals surface area contributed by atoms with Gasteiger partial charge in [-0.25, -0.2) is 4.68 Å². The van der Waals surface area contributed by atoms with Crippen molar-refractivity contribution >= 4 is 5.91 Å². The van der Waals surface area contributed by atoms with Crippen LogP contribution in [0.5, 0.6) is 5.75 Å². The predicted octanol–water partition coefficient (Wildman–Crippen LogP) is 5.72. The topological polar surface area (TPSA) is 56.1 Å². The zero-order chi connectivity index (χ0) is 24.6. The SMILES string of the molecule is COc1ccc(C)cc1C(C)NC(=O)c1cnn(-c2cccc(C(F)(F)F)c2)c1C(F)(F)F. The van der Waals surface area contributed by atoms with Crippen LogP contribution in [-0.2, 0) is 12.4 Å². The van der Waals surface area contributed by atoms with Gasteiger partial charge in [0.2, 0.25) is 0 Å². The van der Waals surface area contributed by atoms with E-state index in [4.69, 9.17) is 4.74 Å². The molecule has 0 aliphatic carbocycles. The molecule has 0 bridgehead atoms. The summed E-state index contributed by atoms with van der Waals surface area (Å²) in [7, 11) is 1.42. The van der Waals surface area contributed by atoms with E-state index in [9.17, 15) is 31.1 Å². The quantitative estimate of drug-likeness (QED) is 0.485. The van der Waals surface area contributed by atoms with Crippen LogP contribution in [0.15, 0.2) is 48.7 Å². The van der Waals surface area contributed by atoms with E-state index in [2.05, 4.69) is 10.4 Å². The number of rotatable bonds is 5. The number of nitrogens with zero attached hydrogens (tertiary/aromatic N) is 2. The van der Waals surface area contributed by atoms with Crippen molar-refractivity contribution in [2.24, 2.45) is 0 Å². The minimum absolute atomic E-state index is 0.280. The van der Waals surface area contributed by atoms with Gasteiger partial charge in [0.25, 0.3) is 5.91 Å². The first-order chi connectivity index (χ1) is 15.3. The molecule has 0 aliphatic rings. The van der Waals surface area contributed by atoms with Gasteiger partial charge in [0.1, 0.15) is 5.75 Å². The smallest absolute Gasteiger partial charge is 0.434 e. The molecule has 1 heterocycles. The highest BCUT2D eigenvalue weighted by Crippen LogP contribution is 2.36. The molecule has 0 fully saturated rings. The number of amides is 1. The van der Waals surface area contributed by atoms with Gasteiger partial charge >= 0.3 is 12.4 Å². The Morgan fingerprint density at radius 1 is 1.06 bits per heavy atom. The maximum Gasteiger partial charge on any atom is 0.434 e. The van der Waals surface area contributed by atoms with Crippen LogP contribution in [-0.4, -0.2) is 22.8 Å². The Kier molecular flexibility index (Phi) is 6.44. The predicted molar refractivity (Wildman–Crippen MR) is 107 cm³/mol. The van der Waals surface area contributed by atoms with Crippen molar-refractivity contribution in [1.29, 1.82) is 0 Å². The van der Waals surface area contributed by atoms with Gasteiger partial charge in [-0.15, -0.1) is 0 Å². The fourth-order valence-corrected chi connectivity index (χ4v) is 3.34. The summed E-state index contributed by atoms with van der Waals surface area (Å²) in [6, 6.07) is 7.70. The first-order valence-corrected chi connectivity index (χ1v) is 9.61. The Bertz CT molecular complexity index is 1170. The lowest BCUT2D eigenvalue weighted by Gasteiger charge is -2.19. The standard InChI is InChI=1S/C22H19F6N3O2/c1-12-7-8-18(33-3)16(9-12)13(2)30-20(32)17-11-29-31(19(17)22(26,27)28)15-6-4-5-14(10-15)21(23,24)25/h4-11,13H,1-3H3,(H,30,32). The summed E-state index contributed by atoms with van der Waals surface area (Å²) < 4.78 is 86.2. The molecule has 1 amide bonds. The van der Waals surface area contributed by atoms with Crippen molar-refractivity contribution in [1.82, 2.24) is 15.1 Å². The van der Waals surface area contributed by atoms with Crippen molar-refractivity contribution in [3.8, 4) is 11.4 Å². The number of carbonyl (C=O) groups excluding carboxylic acids is 1. The molecule has 1 N–H and O–H groups in total. The van der Waals surface area contributed by atoms with Gasteiger partial charge in [-0.2, -0.15) is 31.4 Å². The Hall–Kier alpha value is -3.50. The Morgan fingerprint density at radius 2 is 1.76 bits per heavy atom. The second kappa shape index (κ2) is 8.80. The molecule has 0 aliphatic heterocycles. The fraction of sp³-hybridized carbons (Fsp3) is 0.273. The summed E-state index contributed by atoms with van der Waals surface area (Å²) in [6.07, 6.45) is -9.15. The number of halogens is 6. The van der Waals surface area contributed by atoms with E-state index in [1.165, 1.54) is 7.11 Å². The van der Waals surface area contributed by atoms with Gasteiger partial charge in [-0.05, 0) is 38.1 Å². The number of aromatic nitrogens is 2. The minimum atomic E-state index is -5.07. The van der Waals surface area contributed by atoms with Gasteiger partial charge in [0.05, 0.1) is 36.2 Å². The molecule has 0 saturated heterocycles. The number of hydrogen-bond acceptors (Lipinski definition) is 3. The second-order valence-electron chi connectivity index (χ2n) is 7.31. The third-order valence-electron chi connectivity index (χ3n) is 4.90. The van der Waals surface area contributed by atoms with Crippen LogP contribution in [0.25, 0.3) is 5.69 Å². The van der Waals surface area contributed by atoms with Crippen LogP contribution in [0, 0.1) is 6.92 Å². The molecule has 3 aromatic rings. The molecule has 2 aromatic carbocycles. The molecule has 11 heteroatoms. The minimum Gasteiger partial charge on any atom is -0.496 e. The molecular weight excluding hydrogens is 452 g/mol. The largest absolute Gasteiger partial charge is 0.496 e. The fourth-order valence-electron chi connectivity index (χ4n) is 3.34. The molecule has 5 nitrogen and oxygen atoms in total. The number of nitrogens with one attached hydrogen (secondary N) is 1. The molecule has 1 atom stereocenters. The summed E-state index contributed by atoms with van der Waals surface area (Å²) in [4.78, 5) is 12.8.